The van der Waals surface area contributed by atoms with Crippen molar-refractivity contribution < 1.29 is 50.9 Å². The monoisotopic (exact) mass is 966 g/mol. The van der Waals surface area contributed by atoms with Gasteiger partial charge < -0.3 is 34.0 Å². The molecule has 0 saturated heterocycles. The van der Waals surface area contributed by atoms with Gasteiger partial charge in [-0.25, -0.2) is 0 Å². The van der Waals surface area contributed by atoms with E-state index in [0.29, 0.717) is 49.9 Å². The quantitative estimate of drug-likeness (QED) is 0.0894. The summed E-state index contributed by atoms with van der Waals surface area (Å²) in [5, 5.41) is 3.58. The molecular formula is C52H56Cl2F4N2O7. The number of alkyl halides is 6. The number of rotatable bonds is 11. The molecule has 0 bridgehead atoms. The summed E-state index contributed by atoms with van der Waals surface area (Å²) >= 11 is 10.9. The van der Waals surface area contributed by atoms with Crippen LogP contribution in [0, 0.1) is 10.8 Å². The van der Waals surface area contributed by atoms with Crippen LogP contribution in [0.2, 0.25) is 0 Å². The van der Waals surface area contributed by atoms with E-state index in [1.54, 1.807) is 12.1 Å². The highest BCUT2D eigenvalue weighted by Crippen LogP contribution is 2.54. The van der Waals surface area contributed by atoms with Gasteiger partial charge in [0.15, 0.2) is 23.0 Å². The fraction of sp³-hybridized carbons (Fsp3) is 0.481. The van der Waals surface area contributed by atoms with Crippen LogP contribution in [0.25, 0.3) is 0 Å². The van der Waals surface area contributed by atoms with E-state index in [1.165, 1.54) is 41.1 Å². The molecule has 0 aromatic heterocycles. The zero-order chi connectivity index (χ0) is 48.3. The molecule has 4 aliphatic heterocycles. The zero-order valence-corrected chi connectivity index (χ0v) is 40.0. The summed E-state index contributed by atoms with van der Waals surface area (Å²) in [5.41, 5.74) is 7.28. The van der Waals surface area contributed by atoms with Gasteiger partial charge in [0, 0.05) is 48.7 Å². The number of aldehydes is 1. The van der Waals surface area contributed by atoms with Gasteiger partial charge >= 0.3 is 12.6 Å². The topological polar surface area (TPSA) is 103 Å². The third-order valence-electron chi connectivity index (χ3n) is 13.8. The van der Waals surface area contributed by atoms with Crippen LogP contribution in [-0.2, 0) is 50.9 Å². The molecule has 4 heterocycles. The molecule has 6 aliphatic rings. The summed E-state index contributed by atoms with van der Waals surface area (Å²) in [6.45, 7) is 14.2. The van der Waals surface area contributed by atoms with Gasteiger partial charge in [0.1, 0.15) is 17.9 Å². The molecule has 2 atom stereocenters. The van der Waals surface area contributed by atoms with Crippen LogP contribution in [-0.4, -0.2) is 60.8 Å². The predicted molar refractivity (Wildman–Crippen MR) is 250 cm³/mol. The van der Waals surface area contributed by atoms with Gasteiger partial charge in [-0.2, -0.15) is 0 Å². The lowest BCUT2D eigenvalue weighted by molar-refractivity contribution is -0.287. The fourth-order valence-electron chi connectivity index (χ4n) is 9.78. The maximum Gasteiger partial charge on any atom is 0.586 e. The highest BCUT2D eigenvalue weighted by Gasteiger charge is 2.53. The van der Waals surface area contributed by atoms with Crippen molar-refractivity contribution in [2.45, 2.75) is 128 Å². The Bertz CT molecular complexity index is 2570. The molecule has 2 unspecified atom stereocenters. The first kappa shape index (κ1) is 48.4. The SMILES string of the molecule is CC(C)(C)C1Cc2cc(CC(=O)C3(c4ccc5c(c4)OC(F)(F)O5)CC3)ccc2N1.CC(C)(C)C1Cc2cc(CC(=O)C3(c4ccc5c(c4)OC(F)(F)O5)CC3)ccc2N1CCCl.O=CCCl. The van der Waals surface area contributed by atoms with Crippen LogP contribution in [0.4, 0.5) is 28.9 Å². The van der Waals surface area contributed by atoms with E-state index in [-0.39, 0.29) is 51.3 Å². The second kappa shape index (κ2) is 17.8. The molecule has 15 heteroatoms. The summed E-state index contributed by atoms with van der Waals surface area (Å²) < 4.78 is 71.5. The number of carbonyl (C=O) groups is 3. The molecule has 67 heavy (non-hydrogen) atoms. The second-order valence-electron chi connectivity index (χ2n) is 20.5. The van der Waals surface area contributed by atoms with Crippen molar-refractivity contribution in [3.63, 3.8) is 0 Å². The van der Waals surface area contributed by atoms with E-state index >= 15 is 0 Å². The molecule has 358 valence electrons. The van der Waals surface area contributed by atoms with E-state index in [0.717, 1.165) is 60.2 Å². The number of halogens is 6. The Hall–Kier alpha value is -5.01. The average molecular weight is 968 g/mol. The number of anilines is 2. The van der Waals surface area contributed by atoms with Crippen LogP contribution >= 0.6 is 23.2 Å². The summed E-state index contributed by atoms with van der Waals surface area (Å²) in [4.78, 5) is 38.0. The lowest BCUT2D eigenvalue weighted by Crippen LogP contribution is -2.42. The first-order valence-electron chi connectivity index (χ1n) is 22.7. The van der Waals surface area contributed by atoms with Crippen molar-refractivity contribution in [2.24, 2.45) is 10.8 Å². The summed E-state index contributed by atoms with van der Waals surface area (Å²) in [5.74, 6) is 0.889. The average Bonchev–Trinajstić information content (AvgIpc) is 4.09. The Morgan fingerprint density at radius 3 is 1.60 bits per heavy atom. The first-order valence-corrected chi connectivity index (χ1v) is 23.8. The number of fused-ring (bicyclic) bond motifs is 4. The minimum absolute atomic E-state index is 0.000485. The van der Waals surface area contributed by atoms with Gasteiger partial charge in [-0.05, 0) is 119 Å². The van der Waals surface area contributed by atoms with E-state index in [9.17, 15) is 27.2 Å². The highest BCUT2D eigenvalue weighted by atomic mass is 35.5. The van der Waals surface area contributed by atoms with Crippen LogP contribution < -0.4 is 29.2 Å². The van der Waals surface area contributed by atoms with E-state index in [2.05, 4.69) is 95.0 Å². The molecular weight excluding hydrogens is 911 g/mol. The maximum atomic E-state index is 13.4. The van der Waals surface area contributed by atoms with Gasteiger partial charge in [0.2, 0.25) is 0 Å². The van der Waals surface area contributed by atoms with Crippen LogP contribution in [0.1, 0.15) is 101 Å². The number of carbonyl (C=O) groups excluding carboxylic acids is 3. The maximum absolute atomic E-state index is 13.4. The minimum Gasteiger partial charge on any atom is -0.395 e. The lowest BCUT2D eigenvalue weighted by Gasteiger charge is -2.36. The molecule has 0 spiro atoms. The summed E-state index contributed by atoms with van der Waals surface area (Å²) in [6.07, 6.45) is -1.28. The van der Waals surface area contributed by atoms with Crippen LogP contribution in [0.3, 0.4) is 0 Å². The second-order valence-corrected chi connectivity index (χ2v) is 21.2. The summed E-state index contributed by atoms with van der Waals surface area (Å²) in [6, 6.07) is 22.6. The molecule has 1 N–H and O–H groups in total. The van der Waals surface area contributed by atoms with Gasteiger partial charge in [0.25, 0.3) is 0 Å². The number of hydrogen-bond acceptors (Lipinski definition) is 9. The molecule has 0 radical (unpaired) electrons. The van der Waals surface area contributed by atoms with Crippen molar-refractivity contribution in [1.82, 2.24) is 0 Å². The molecule has 2 aliphatic carbocycles. The zero-order valence-electron chi connectivity index (χ0n) is 38.5. The summed E-state index contributed by atoms with van der Waals surface area (Å²) in [7, 11) is 0. The van der Waals surface area contributed by atoms with Gasteiger partial charge in [0.05, 0.1) is 16.7 Å². The van der Waals surface area contributed by atoms with Gasteiger partial charge in [-0.3, -0.25) is 9.59 Å². The predicted octanol–water partition coefficient (Wildman–Crippen LogP) is 11.5. The minimum atomic E-state index is -3.66. The van der Waals surface area contributed by atoms with Gasteiger partial charge in [-0.1, -0.05) is 77.9 Å². The fourth-order valence-corrected chi connectivity index (χ4v) is 9.96. The molecule has 2 saturated carbocycles. The van der Waals surface area contributed by atoms with Crippen molar-refractivity contribution in [3.8, 4) is 23.0 Å². The van der Waals surface area contributed by atoms with Crippen molar-refractivity contribution in [2.75, 3.05) is 28.5 Å². The third kappa shape index (κ3) is 10.1. The smallest absolute Gasteiger partial charge is 0.395 e. The molecule has 0 amide bonds. The van der Waals surface area contributed by atoms with Gasteiger partial charge in [-0.15, -0.1) is 40.8 Å². The Morgan fingerprint density at radius 1 is 0.672 bits per heavy atom. The normalized spacial score (nSPS) is 21.1. The Morgan fingerprint density at radius 2 is 1.15 bits per heavy atom. The molecule has 10 rings (SSSR count). The Labute approximate surface area is 398 Å². The number of ketones is 2. The number of nitrogens with one attached hydrogen (secondary N) is 1. The standard InChI is InChI=1S/C26H28ClF2NO3.C24H25F2NO3.C2H3ClO/c1-24(2,3)22-14-17-12-16(4-6-19(17)30(22)11-10-27)13-23(31)25(8-9-25)18-5-7-20-21(15-18)33-26(28,29)32-20;1-22(2,3)20-12-15-10-14(4-6-17(15)27-20)11-21(28)23(8-9-23)16-5-7-18-19(13-16)30-24(25,26)29-18;3-1-2-4/h4-7,12,15,22H,8-11,13-14H2,1-3H3;4-7,10,13,20,27H,8-9,11-12H2,1-3H3;2H,1H2. The van der Waals surface area contributed by atoms with E-state index in [4.69, 9.17) is 28.0 Å². The number of benzene rings is 4. The van der Waals surface area contributed by atoms with Crippen molar-refractivity contribution in [3.05, 3.63) is 106 Å². The molecule has 2 fully saturated rings. The van der Waals surface area contributed by atoms with Crippen LogP contribution in [0.5, 0.6) is 23.0 Å². The van der Waals surface area contributed by atoms with E-state index < -0.39 is 23.4 Å². The first-order chi connectivity index (χ1) is 31.5. The molecule has 4 aromatic carbocycles. The van der Waals surface area contributed by atoms with Crippen molar-refractivity contribution >= 4 is 52.4 Å². The largest absolute Gasteiger partial charge is 0.586 e. The van der Waals surface area contributed by atoms with Crippen molar-refractivity contribution in [1.29, 1.82) is 0 Å². The Kier molecular flexibility index (Phi) is 12.9. The highest BCUT2D eigenvalue weighted by molar-refractivity contribution is 6.24. The molecule has 4 aromatic rings. The number of nitrogens with zero attached hydrogens (tertiary/aromatic N) is 1. The number of ether oxygens (including phenoxy) is 4. The number of Topliss-reactive ketones (excluding diaryl/α,β-unsaturated/α-hetero) is 2. The Balaban J connectivity index is 0.000000169. The number of hydrogen-bond donors (Lipinski definition) is 1. The third-order valence-corrected chi connectivity index (χ3v) is 14.1. The molecule has 9 nitrogen and oxygen atoms in total. The van der Waals surface area contributed by atoms with Crippen LogP contribution in [0.15, 0.2) is 72.8 Å². The lowest BCUT2D eigenvalue weighted by atomic mass is 9.84. The van der Waals surface area contributed by atoms with E-state index in [1.807, 2.05) is 12.1 Å².